The molecular weight excluding hydrogens is 995 g/mol. The van der Waals surface area contributed by atoms with Crippen LogP contribution in [0.1, 0.15) is 88.0 Å². The first-order chi connectivity index (χ1) is 36.9. The van der Waals surface area contributed by atoms with Gasteiger partial charge in [0, 0.05) is 86.6 Å². The molecule has 0 bridgehead atoms. The summed E-state index contributed by atoms with van der Waals surface area (Å²) in [6.45, 7) is 1.40. The van der Waals surface area contributed by atoms with E-state index in [2.05, 4.69) is 56.8 Å². The third-order valence-corrected chi connectivity index (χ3v) is 13.0. The number of H-pyrrole nitrogens is 2. The molecular formula is C52H71N15O10. The van der Waals surface area contributed by atoms with Gasteiger partial charge in [-0.3, -0.25) is 48.3 Å². The number of carbonyl (C=O) groups is 9. The summed E-state index contributed by atoms with van der Waals surface area (Å²) in [5.41, 5.74) is 24.6. The highest BCUT2D eigenvalue weighted by atomic mass is 16.4. The van der Waals surface area contributed by atoms with E-state index in [1.807, 2.05) is 24.3 Å². The van der Waals surface area contributed by atoms with Gasteiger partial charge >= 0.3 is 5.97 Å². The Morgan fingerprint density at radius 1 is 0.753 bits per heavy atom. The smallest absolute Gasteiger partial charge is 0.326 e. The summed E-state index contributed by atoms with van der Waals surface area (Å²) >= 11 is 0. The SMILES string of the molecule is CC(=O)N[C@@H](CCCN=C(N)N)C(=O)N[C@H]1CC(=O)NCCCC[C@@H](C(=O)O)NC(=O)[C@H](Cc2c[nH]c3ccccc23)CC(=O)[C@H](CCCN=C(N)N)CC(=O)[C@@H](Cc2ccccc2)NC(=O)[C@H](Cc2cnc[nH]2)NC1=O. The van der Waals surface area contributed by atoms with E-state index in [-0.39, 0.29) is 102 Å². The number of hydrogen-bond donors (Lipinski definition) is 13. The van der Waals surface area contributed by atoms with E-state index in [9.17, 15) is 48.3 Å². The fourth-order valence-corrected chi connectivity index (χ4v) is 9.01. The Balaban J connectivity index is 1.55. The zero-order valence-corrected chi connectivity index (χ0v) is 43.1. The summed E-state index contributed by atoms with van der Waals surface area (Å²) < 4.78 is 0. The van der Waals surface area contributed by atoms with Crippen molar-refractivity contribution in [2.75, 3.05) is 19.6 Å². The number of fused-ring (bicyclic) bond motifs is 1. The zero-order chi connectivity index (χ0) is 55.9. The maximum Gasteiger partial charge on any atom is 0.326 e. The van der Waals surface area contributed by atoms with Crippen molar-refractivity contribution in [3.63, 3.8) is 0 Å². The molecule has 1 fully saturated rings. The highest BCUT2D eigenvalue weighted by Gasteiger charge is 2.36. The van der Waals surface area contributed by atoms with Crippen molar-refractivity contribution in [3.8, 4) is 0 Å². The fourth-order valence-electron chi connectivity index (χ4n) is 9.01. The van der Waals surface area contributed by atoms with Crippen LogP contribution in [0.25, 0.3) is 10.9 Å². The molecule has 17 N–H and O–H groups in total. The Labute approximate surface area is 444 Å². The summed E-state index contributed by atoms with van der Waals surface area (Å²) in [7, 11) is 0. The van der Waals surface area contributed by atoms with Crippen molar-refractivity contribution in [2.24, 2.45) is 44.8 Å². The van der Waals surface area contributed by atoms with Crippen LogP contribution in [0.15, 0.2) is 83.3 Å². The molecule has 5 rings (SSSR count). The van der Waals surface area contributed by atoms with E-state index in [1.54, 1.807) is 36.5 Å². The third kappa shape index (κ3) is 19.9. The first-order valence-electron chi connectivity index (χ1n) is 25.6. The van der Waals surface area contributed by atoms with Gasteiger partial charge in [-0.2, -0.15) is 0 Å². The molecule has 414 valence electrons. The number of aliphatic carboxylic acids is 1. The number of aromatic nitrogens is 3. The molecule has 77 heavy (non-hydrogen) atoms. The van der Waals surface area contributed by atoms with Crippen molar-refractivity contribution < 1.29 is 48.3 Å². The molecule has 0 spiro atoms. The van der Waals surface area contributed by atoms with Gasteiger partial charge in [-0.15, -0.1) is 0 Å². The number of Topliss-reactive ketones (excluding diaryl/α,β-unsaturated/α-hetero) is 2. The molecule has 25 heteroatoms. The van der Waals surface area contributed by atoms with Crippen LogP contribution >= 0.6 is 0 Å². The van der Waals surface area contributed by atoms with E-state index >= 15 is 0 Å². The average molecular weight is 1070 g/mol. The molecule has 2 aromatic carbocycles. The number of nitrogens with two attached hydrogens (primary N) is 4. The second-order valence-corrected chi connectivity index (χ2v) is 19.1. The van der Waals surface area contributed by atoms with Crippen LogP contribution < -0.4 is 54.8 Å². The largest absolute Gasteiger partial charge is 0.480 e. The molecule has 25 nitrogen and oxygen atoms in total. The molecule has 2 aromatic heterocycles. The number of imidazole rings is 1. The number of nitrogens with zero attached hydrogens (tertiary/aromatic N) is 3. The Morgan fingerprint density at radius 2 is 1.44 bits per heavy atom. The van der Waals surface area contributed by atoms with Gasteiger partial charge in [0.25, 0.3) is 0 Å². The summed E-state index contributed by atoms with van der Waals surface area (Å²) in [6.07, 6.45) is 3.74. The second-order valence-electron chi connectivity index (χ2n) is 19.1. The monoisotopic (exact) mass is 1070 g/mol. The maximum atomic E-state index is 14.8. The molecule has 3 heterocycles. The number of carbonyl (C=O) groups excluding carboxylic acids is 8. The van der Waals surface area contributed by atoms with Gasteiger partial charge in [-0.1, -0.05) is 48.5 Å². The number of ketones is 2. The van der Waals surface area contributed by atoms with Gasteiger partial charge in [0.1, 0.15) is 30.0 Å². The Bertz CT molecular complexity index is 2720. The van der Waals surface area contributed by atoms with Gasteiger partial charge in [-0.05, 0) is 75.0 Å². The Kier molecular flexibility index (Phi) is 23.1. The number of amides is 6. The molecule has 0 aliphatic carbocycles. The average Bonchev–Trinajstić information content (AvgIpc) is 4.07. The van der Waals surface area contributed by atoms with E-state index in [1.165, 1.54) is 19.4 Å². The molecule has 0 saturated carbocycles. The summed E-state index contributed by atoms with van der Waals surface area (Å²) in [4.78, 5) is 144. The number of rotatable bonds is 18. The first kappa shape index (κ1) is 59.2. The number of guanidine groups is 2. The number of hydrogen-bond acceptors (Lipinski definition) is 12. The van der Waals surface area contributed by atoms with Gasteiger partial charge in [0.15, 0.2) is 17.7 Å². The highest BCUT2D eigenvalue weighted by Crippen LogP contribution is 2.26. The zero-order valence-electron chi connectivity index (χ0n) is 43.1. The van der Waals surface area contributed by atoms with Crippen molar-refractivity contribution in [1.29, 1.82) is 0 Å². The number of aliphatic imine (C=N–C) groups is 2. The molecule has 4 aromatic rings. The third-order valence-electron chi connectivity index (χ3n) is 13.0. The van der Waals surface area contributed by atoms with Crippen LogP contribution in [-0.2, 0) is 62.4 Å². The van der Waals surface area contributed by atoms with E-state index in [0.29, 0.717) is 16.8 Å². The minimum Gasteiger partial charge on any atom is -0.480 e. The van der Waals surface area contributed by atoms with Crippen LogP contribution in [0.5, 0.6) is 0 Å². The first-order valence-corrected chi connectivity index (χ1v) is 25.6. The molecule has 1 saturated heterocycles. The number of carboxylic acids is 1. The number of benzene rings is 2. The number of aromatic amines is 2. The van der Waals surface area contributed by atoms with Crippen LogP contribution in [0, 0.1) is 11.8 Å². The Morgan fingerprint density at radius 3 is 2.13 bits per heavy atom. The summed E-state index contributed by atoms with van der Waals surface area (Å²) in [6, 6.07) is 9.11. The number of nitrogens with one attached hydrogen (secondary N) is 8. The molecule has 7 atom stereocenters. The van der Waals surface area contributed by atoms with E-state index < -0.39 is 108 Å². The standard InChI is InChI=1S/C52H71N15O10/c1-30(68)63-38(17-10-20-60-52(55)56)47(73)67-42-26-45(71)58-18-8-7-16-39(50(76)77)64-46(72)33(22-34-27-61-37-15-6-5-14-36(34)37)24-43(69)32(13-9-19-59-51(53)54)23-44(70)40(21-31-11-3-2-4-12-31)65-48(74)41(66-49(42)75)25-35-28-57-29-62-35/h2-6,11-12,14-15,27-29,32-33,38-42,61H,7-10,13,16-26H2,1H3,(H,57,62)(H,58,71)(H,63,68)(H,64,72)(H,65,74)(H,66,75)(H,67,73)(H,76,77)(H4,53,54,59)(H4,55,56,60)/t32-,33-,38+,39+,40-,41+,42+/m1/s1. The summed E-state index contributed by atoms with van der Waals surface area (Å²) in [5.74, 6) is -9.52. The lowest BCUT2D eigenvalue weighted by Gasteiger charge is -2.27. The topological polar surface area (TPSA) is 419 Å². The minimum absolute atomic E-state index is 0.00926. The van der Waals surface area contributed by atoms with Crippen molar-refractivity contribution in [1.82, 2.24) is 46.9 Å². The van der Waals surface area contributed by atoms with Gasteiger partial charge < -0.3 is 69.9 Å². The van der Waals surface area contributed by atoms with Crippen LogP contribution in [0.2, 0.25) is 0 Å². The van der Waals surface area contributed by atoms with Gasteiger partial charge in [-0.25, -0.2) is 9.78 Å². The number of para-hydroxylation sites is 1. The predicted octanol–water partition coefficient (Wildman–Crippen LogP) is -0.604. The lowest BCUT2D eigenvalue weighted by Crippen LogP contribution is -2.59. The van der Waals surface area contributed by atoms with Crippen molar-refractivity contribution >= 4 is 75.8 Å². The lowest BCUT2D eigenvalue weighted by atomic mass is 9.83. The molecule has 1 aliphatic heterocycles. The molecule has 6 amide bonds. The Hall–Kier alpha value is -8.64. The van der Waals surface area contributed by atoms with Crippen LogP contribution in [0.4, 0.5) is 0 Å². The lowest BCUT2D eigenvalue weighted by molar-refractivity contribution is -0.143. The minimum atomic E-state index is -1.65. The van der Waals surface area contributed by atoms with Crippen molar-refractivity contribution in [2.45, 2.75) is 121 Å². The van der Waals surface area contributed by atoms with E-state index in [4.69, 9.17) is 22.9 Å². The van der Waals surface area contributed by atoms with Crippen molar-refractivity contribution in [3.05, 3.63) is 90.1 Å². The predicted molar refractivity (Wildman–Crippen MR) is 285 cm³/mol. The molecule has 0 radical (unpaired) electrons. The highest BCUT2D eigenvalue weighted by molar-refractivity contribution is 5.99. The number of carboxylic acid groups (broad SMARTS) is 1. The van der Waals surface area contributed by atoms with Crippen LogP contribution in [-0.4, -0.2) is 135 Å². The fraction of sp³-hybridized carbons (Fsp3) is 0.462. The van der Waals surface area contributed by atoms with Gasteiger partial charge in [0.2, 0.25) is 35.4 Å². The quantitative estimate of drug-likeness (QED) is 0.0336. The van der Waals surface area contributed by atoms with E-state index in [0.717, 1.165) is 10.9 Å². The van der Waals surface area contributed by atoms with Crippen LogP contribution in [0.3, 0.4) is 0 Å². The molecule has 0 unspecified atom stereocenters. The summed E-state index contributed by atoms with van der Waals surface area (Å²) in [5, 5.41) is 27.0. The molecule has 1 aliphatic rings. The normalized spacial score (nSPS) is 21.1. The maximum absolute atomic E-state index is 14.8. The van der Waals surface area contributed by atoms with Gasteiger partial charge in [0.05, 0.1) is 18.8 Å². The second kappa shape index (κ2) is 30.0.